The number of methoxy groups -OCH3 is 1. The molecule has 0 saturated carbocycles. The third-order valence-corrected chi connectivity index (χ3v) is 4.86. The molecule has 1 N–H and O–H groups in total. The number of aromatic nitrogens is 1. The number of hydrogen-bond donors (Lipinski definition) is 1. The van der Waals surface area contributed by atoms with Gasteiger partial charge in [-0.1, -0.05) is 13.0 Å². The van der Waals surface area contributed by atoms with E-state index in [1.807, 2.05) is 6.92 Å². The number of aliphatic hydroxyl groups excluding tert-OH is 1. The van der Waals surface area contributed by atoms with Gasteiger partial charge in [-0.25, -0.2) is 0 Å². The van der Waals surface area contributed by atoms with Crippen LogP contribution in [0.3, 0.4) is 0 Å². The number of ketones is 1. The minimum absolute atomic E-state index is 0.0401. The number of nitrogens with zero attached hydrogens (tertiary/aromatic N) is 2. The number of rotatable bonds is 9. The summed E-state index contributed by atoms with van der Waals surface area (Å²) in [7, 11) is 1.58. The van der Waals surface area contributed by atoms with Crippen molar-refractivity contribution in [1.29, 1.82) is 0 Å². The number of Topliss-reactive ketones (excluding diaryl/α,β-unsaturated/α-hetero) is 1. The van der Waals surface area contributed by atoms with Gasteiger partial charge in [-0.3, -0.25) is 14.6 Å². The van der Waals surface area contributed by atoms with Gasteiger partial charge in [-0.2, -0.15) is 0 Å². The molecule has 1 fully saturated rings. The van der Waals surface area contributed by atoms with Gasteiger partial charge >= 0.3 is 0 Å². The molecule has 0 aliphatic carbocycles. The van der Waals surface area contributed by atoms with Crippen molar-refractivity contribution in [3.63, 3.8) is 0 Å². The first-order valence-electron chi connectivity index (χ1n) is 10.00. The second-order valence-electron chi connectivity index (χ2n) is 6.97. The SMILES string of the molecule is CCCOc1ccc(/C(O)=C2/C(=O)C(=O)N(CCCOC)C2c2ccccn2)cc1. The molecule has 1 atom stereocenters. The highest BCUT2D eigenvalue weighted by molar-refractivity contribution is 6.46. The van der Waals surface area contributed by atoms with E-state index in [-0.39, 0.29) is 11.3 Å². The fourth-order valence-electron chi connectivity index (χ4n) is 3.42. The average molecular weight is 410 g/mol. The molecule has 1 aliphatic heterocycles. The number of benzene rings is 1. The van der Waals surface area contributed by atoms with Gasteiger partial charge in [-0.15, -0.1) is 0 Å². The lowest BCUT2D eigenvalue weighted by Crippen LogP contribution is -2.31. The van der Waals surface area contributed by atoms with E-state index in [9.17, 15) is 14.7 Å². The topological polar surface area (TPSA) is 89.0 Å². The zero-order valence-electron chi connectivity index (χ0n) is 17.2. The first-order valence-corrected chi connectivity index (χ1v) is 10.00. The number of hydrogen-bond acceptors (Lipinski definition) is 6. The maximum Gasteiger partial charge on any atom is 0.295 e. The number of carbonyl (C=O) groups excluding carboxylic acids is 2. The summed E-state index contributed by atoms with van der Waals surface area (Å²) in [6.45, 7) is 3.39. The highest BCUT2D eigenvalue weighted by Gasteiger charge is 2.46. The minimum atomic E-state index is -0.751. The molecule has 7 nitrogen and oxygen atoms in total. The zero-order chi connectivity index (χ0) is 21.5. The third-order valence-electron chi connectivity index (χ3n) is 4.86. The van der Waals surface area contributed by atoms with Gasteiger partial charge in [0.1, 0.15) is 17.6 Å². The van der Waals surface area contributed by atoms with Crippen molar-refractivity contribution in [1.82, 2.24) is 9.88 Å². The van der Waals surface area contributed by atoms with Crippen LogP contribution < -0.4 is 4.74 Å². The largest absolute Gasteiger partial charge is 0.507 e. The summed E-state index contributed by atoms with van der Waals surface area (Å²) in [5, 5.41) is 11.0. The normalized spacial score (nSPS) is 18.1. The van der Waals surface area contributed by atoms with Crippen molar-refractivity contribution in [2.24, 2.45) is 0 Å². The summed E-state index contributed by atoms with van der Waals surface area (Å²) >= 11 is 0. The quantitative estimate of drug-likeness (QED) is 0.295. The molecular formula is C23H26N2O5. The molecule has 30 heavy (non-hydrogen) atoms. The average Bonchev–Trinajstić information content (AvgIpc) is 3.03. The monoisotopic (exact) mass is 410 g/mol. The van der Waals surface area contributed by atoms with Gasteiger partial charge < -0.3 is 19.5 Å². The molecular weight excluding hydrogens is 384 g/mol. The summed E-state index contributed by atoms with van der Waals surface area (Å²) in [6, 6.07) is 11.4. The van der Waals surface area contributed by atoms with Crippen LogP contribution in [0, 0.1) is 0 Å². The van der Waals surface area contributed by atoms with Gasteiger partial charge in [0.25, 0.3) is 11.7 Å². The summed E-state index contributed by atoms with van der Waals surface area (Å²) in [5.74, 6) is -0.909. The summed E-state index contributed by atoms with van der Waals surface area (Å²) in [5.41, 5.74) is 1.01. The molecule has 0 spiro atoms. The first-order chi connectivity index (χ1) is 14.6. The van der Waals surface area contributed by atoms with Crippen molar-refractivity contribution in [2.75, 3.05) is 26.9 Å². The van der Waals surface area contributed by atoms with E-state index in [1.54, 1.807) is 55.8 Å². The standard InChI is InChI=1S/C23H26N2O5/c1-3-14-30-17-10-8-16(9-11-17)21(26)19-20(18-7-4-5-12-24-18)25(13-6-15-29-2)23(28)22(19)27/h4-5,7-12,20,26H,3,6,13-15H2,1-2H3/b21-19-. The van der Waals surface area contributed by atoms with Crippen LogP contribution in [-0.2, 0) is 14.3 Å². The van der Waals surface area contributed by atoms with E-state index in [1.165, 1.54) is 4.90 Å². The van der Waals surface area contributed by atoms with Crippen LogP contribution in [0.5, 0.6) is 5.75 Å². The van der Waals surface area contributed by atoms with Gasteiger partial charge in [0.15, 0.2) is 0 Å². The second-order valence-corrected chi connectivity index (χ2v) is 6.97. The summed E-state index contributed by atoms with van der Waals surface area (Å²) in [4.78, 5) is 31.4. The highest BCUT2D eigenvalue weighted by atomic mass is 16.5. The summed E-state index contributed by atoms with van der Waals surface area (Å²) < 4.78 is 10.6. The molecule has 2 heterocycles. The zero-order valence-corrected chi connectivity index (χ0v) is 17.2. The van der Waals surface area contributed by atoms with Gasteiger partial charge in [-0.05, 0) is 49.2 Å². The number of ether oxygens (including phenoxy) is 2. The second kappa shape index (κ2) is 10.0. The van der Waals surface area contributed by atoms with Gasteiger partial charge in [0, 0.05) is 32.0 Å². The van der Waals surface area contributed by atoms with E-state index in [2.05, 4.69) is 4.98 Å². The van der Waals surface area contributed by atoms with Gasteiger partial charge in [0.2, 0.25) is 0 Å². The Hall–Kier alpha value is -3.19. The molecule has 1 saturated heterocycles. The molecule has 1 aromatic heterocycles. The van der Waals surface area contributed by atoms with E-state index in [0.717, 1.165) is 6.42 Å². The van der Waals surface area contributed by atoms with Crippen LogP contribution in [-0.4, -0.2) is 53.5 Å². The van der Waals surface area contributed by atoms with E-state index in [4.69, 9.17) is 9.47 Å². The molecule has 158 valence electrons. The lowest BCUT2D eigenvalue weighted by molar-refractivity contribution is -0.140. The van der Waals surface area contributed by atoms with E-state index >= 15 is 0 Å². The number of carbonyl (C=O) groups is 2. The van der Waals surface area contributed by atoms with Crippen LogP contribution >= 0.6 is 0 Å². The molecule has 1 aliphatic rings. The Morgan fingerprint density at radius 2 is 1.90 bits per heavy atom. The molecule has 0 radical (unpaired) electrons. The van der Waals surface area contributed by atoms with Crippen LogP contribution in [0.25, 0.3) is 5.76 Å². The van der Waals surface area contributed by atoms with Crippen molar-refractivity contribution < 1.29 is 24.2 Å². The van der Waals surface area contributed by atoms with Crippen molar-refractivity contribution in [2.45, 2.75) is 25.8 Å². The smallest absolute Gasteiger partial charge is 0.295 e. The van der Waals surface area contributed by atoms with Crippen molar-refractivity contribution in [3.05, 3.63) is 65.5 Å². The molecule has 7 heteroatoms. The Kier molecular flexibility index (Phi) is 7.19. The first kappa shape index (κ1) is 21.5. The molecule has 1 amide bonds. The number of likely N-dealkylation sites (tertiary alicyclic amines) is 1. The van der Waals surface area contributed by atoms with Crippen molar-refractivity contribution >= 4 is 17.4 Å². The number of amides is 1. The third kappa shape index (κ3) is 4.52. The molecule has 2 aromatic rings. The van der Waals surface area contributed by atoms with Crippen molar-refractivity contribution in [3.8, 4) is 5.75 Å². The van der Waals surface area contributed by atoms with Gasteiger partial charge in [0.05, 0.1) is 17.9 Å². The maximum absolute atomic E-state index is 12.9. The molecule has 1 aromatic carbocycles. The van der Waals surface area contributed by atoms with E-state index in [0.29, 0.717) is 43.2 Å². The van der Waals surface area contributed by atoms with Crippen LogP contribution in [0.15, 0.2) is 54.2 Å². The molecule has 3 rings (SSSR count). The molecule has 0 bridgehead atoms. The van der Waals surface area contributed by atoms with Crippen LogP contribution in [0.1, 0.15) is 37.1 Å². The number of aliphatic hydroxyl groups is 1. The predicted octanol–water partition coefficient (Wildman–Crippen LogP) is 3.33. The number of pyridine rings is 1. The Labute approximate surface area is 175 Å². The minimum Gasteiger partial charge on any atom is -0.507 e. The van der Waals surface area contributed by atoms with Crippen LogP contribution in [0.4, 0.5) is 0 Å². The lowest BCUT2D eigenvalue weighted by Gasteiger charge is -2.24. The Bertz CT molecular complexity index is 909. The van der Waals surface area contributed by atoms with Crippen LogP contribution in [0.2, 0.25) is 0 Å². The lowest BCUT2D eigenvalue weighted by atomic mass is 9.98. The maximum atomic E-state index is 12.9. The fraction of sp³-hybridized carbons (Fsp3) is 0.348. The fourth-order valence-corrected chi connectivity index (χ4v) is 3.42. The Balaban J connectivity index is 2.00. The predicted molar refractivity (Wildman–Crippen MR) is 112 cm³/mol. The summed E-state index contributed by atoms with van der Waals surface area (Å²) in [6.07, 6.45) is 3.05. The Morgan fingerprint density at radius 3 is 2.53 bits per heavy atom. The van der Waals surface area contributed by atoms with E-state index < -0.39 is 17.7 Å². The Morgan fingerprint density at radius 1 is 1.13 bits per heavy atom. The highest BCUT2D eigenvalue weighted by Crippen LogP contribution is 2.38. The molecule has 1 unspecified atom stereocenters.